The second kappa shape index (κ2) is 8.09. The number of aliphatic carboxylic acids is 1. The van der Waals surface area contributed by atoms with E-state index >= 15 is 0 Å². The molecule has 0 aromatic rings. The van der Waals surface area contributed by atoms with Crippen LogP contribution in [0.4, 0.5) is 4.79 Å². The predicted molar refractivity (Wildman–Crippen MR) is 77.4 cm³/mol. The van der Waals surface area contributed by atoms with E-state index < -0.39 is 5.97 Å². The fourth-order valence-electron chi connectivity index (χ4n) is 2.60. The monoisotopic (exact) mass is 285 g/mol. The van der Waals surface area contributed by atoms with Gasteiger partial charge in [0.05, 0.1) is 0 Å². The summed E-state index contributed by atoms with van der Waals surface area (Å²) in [5.41, 5.74) is 5.81. The van der Waals surface area contributed by atoms with Crippen LogP contribution >= 0.6 is 0 Å². The van der Waals surface area contributed by atoms with Gasteiger partial charge < -0.3 is 21.1 Å². The molecule has 0 spiro atoms. The number of likely N-dealkylation sites (tertiary alicyclic amines) is 1. The number of hydrogen-bond acceptors (Lipinski definition) is 3. The normalized spacial score (nSPS) is 18.1. The zero-order chi connectivity index (χ0) is 15.1. The summed E-state index contributed by atoms with van der Waals surface area (Å²) in [5, 5.41) is 11.8. The third-order valence-electron chi connectivity index (χ3n) is 3.64. The van der Waals surface area contributed by atoms with Gasteiger partial charge >= 0.3 is 12.0 Å². The molecule has 0 radical (unpaired) electrons. The molecule has 1 unspecified atom stereocenters. The minimum atomic E-state index is -0.811. The van der Waals surface area contributed by atoms with E-state index in [4.69, 9.17) is 10.8 Å². The lowest BCUT2D eigenvalue weighted by molar-refractivity contribution is -0.138. The summed E-state index contributed by atoms with van der Waals surface area (Å²) >= 11 is 0. The van der Waals surface area contributed by atoms with Gasteiger partial charge in [-0.3, -0.25) is 4.79 Å². The summed E-state index contributed by atoms with van der Waals surface area (Å²) in [6.07, 6.45) is 2.57. The van der Waals surface area contributed by atoms with Gasteiger partial charge in [0.2, 0.25) is 0 Å². The van der Waals surface area contributed by atoms with E-state index in [0.717, 1.165) is 19.3 Å². The van der Waals surface area contributed by atoms with Crippen molar-refractivity contribution < 1.29 is 14.7 Å². The number of carbonyl (C=O) groups excluding carboxylic acids is 1. The summed E-state index contributed by atoms with van der Waals surface area (Å²) in [5.74, 6) is -0.401. The van der Waals surface area contributed by atoms with Crippen LogP contribution in [0.25, 0.3) is 0 Å². The third-order valence-corrected chi connectivity index (χ3v) is 3.64. The van der Waals surface area contributed by atoms with Crippen molar-refractivity contribution in [3.05, 3.63) is 0 Å². The molecular weight excluding hydrogens is 258 g/mol. The fourth-order valence-corrected chi connectivity index (χ4v) is 2.60. The molecule has 0 aromatic heterocycles. The Morgan fingerprint density at radius 1 is 1.35 bits per heavy atom. The molecule has 4 N–H and O–H groups in total. The number of amides is 2. The van der Waals surface area contributed by atoms with Crippen molar-refractivity contribution >= 4 is 12.0 Å². The van der Waals surface area contributed by atoms with Crippen LogP contribution in [0.1, 0.15) is 39.5 Å². The predicted octanol–water partition coefficient (Wildman–Crippen LogP) is 1.26. The Balaban J connectivity index is 2.37. The third kappa shape index (κ3) is 6.23. The highest BCUT2D eigenvalue weighted by atomic mass is 16.4. The van der Waals surface area contributed by atoms with Crippen LogP contribution in [0.15, 0.2) is 0 Å². The van der Waals surface area contributed by atoms with Crippen LogP contribution in [0.5, 0.6) is 0 Å². The van der Waals surface area contributed by atoms with Crippen molar-refractivity contribution in [2.24, 2.45) is 17.6 Å². The molecule has 1 saturated heterocycles. The smallest absolute Gasteiger partial charge is 0.317 e. The lowest BCUT2D eigenvalue weighted by atomic mass is 9.94. The molecule has 0 aromatic carbocycles. The van der Waals surface area contributed by atoms with E-state index in [-0.39, 0.29) is 24.4 Å². The average molecular weight is 285 g/mol. The Morgan fingerprint density at radius 3 is 2.45 bits per heavy atom. The van der Waals surface area contributed by atoms with Gasteiger partial charge in [0, 0.05) is 32.1 Å². The fraction of sp³-hybridized carbons (Fsp3) is 0.857. The number of nitrogens with two attached hydrogens (primary N) is 1. The highest BCUT2D eigenvalue weighted by molar-refractivity contribution is 5.74. The number of nitrogens with one attached hydrogen (secondary N) is 1. The Bertz CT molecular complexity index is 326. The molecule has 116 valence electrons. The highest BCUT2D eigenvalue weighted by Gasteiger charge is 2.22. The minimum Gasteiger partial charge on any atom is -0.481 e. The second-order valence-corrected chi connectivity index (χ2v) is 6.10. The van der Waals surface area contributed by atoms with Gasteiger partial charge in [-0.15, -0.1) is 0 Å². The molecule has 6 nitrogen and oxygen atoms in total. The largest absolute Gasteiger partial charge is 0.481 e. The van der Waals surface area contributed by atoms with Gasteiger partial charge in [0.15, 0.2) is 0 Å². The molecule has 0 aliphatic carbocycles. The molecule has 1 aliphatic rings. The summed E-state index contributed by atoms with van der Waals surface area (Å²) in [6, 6.07) is 0.0933. The summed E-state index contributed by atoms with van der Waals surface area (Å²) < 4.78 is 0. The summed E-state index contributed by atoms with van der Waals surface area (Å²) in [7, 11) is 0. The van der Waals surface area contributed by atoms with Crippen molar-refractivity contribution in [2.45, 2.75) is 45.6 Å². The first-order valence-electron chi connectivity index (χ1n) is 7.38. The first kappa shape index (κ1) is 16.8. The van der Waals surface area contributed by atoms with Crippen LogP contribution < -0.4 is 11.1 Å². The van der Waals surface area contributed by atoms with Crippen LogP contribution in [0.2, 0.25) is 0 Å². The van der Waals surface area contributed by atoms with Crippen LogP contribution in [0, 0.1) is 11.8 Å². The molecule has 1 atom stereocenters. The van der Waals surface area contributed by atoms with E-state index in [0.29, 0.717) is 25.6 Å². The maximum atomic E-state index is 12.0. The van der Waals surface area contributed by atoms with Crippen molar-refractivity contribution in [1.29, 1.82) is 0 Å². The molecule has 1 aliphatic heterocycles. The topological polar surface area (TPSA) is 95.7 Å². The van der Waals surface area contributed by atoms with Gasteiger partial charge in [0.25, 0.3) is 0 Å². The number of hydrogen-bond donors (Lipinski definition) is 3. The Labute approximate surface area is 120 Å². The quantitative estimate of drug-likeness (QED) is 0.684. The Hall–Kier alpha value is -1.30. The molecule has 6 heteroatoms. The van der Waals surface area contributed by atoms with Gasteiger partial charge in [-0.05, 0) is 31.1 Å². The van der Waals surface area contributed by atoms with Crippen molar-refractivity contribution in [3.8, 4) is 0 Å². The number of urea groups is 1. The number of carboxylic acid groups (broad SMARTS) is 1. The lowest BCUT2D eigenvalue weighted by Crippen LogP contribution is -2.48. The zero-order valence-electron chi connectivity index (χ0n) is 12.5. The first-order chi connectivity index (χ1) is 9.38. The number of carboxylic acids is 1. The zero-order valence-corrected chi connectivity index (χ0v) is 12.5. The standard InChI is InChI=1S/C14H27N3O3/c1-10(2)7-11(8-13(18)19)9-16-14(20)17-5-3-12(15)4-6-17/h10-12H,3-9,15H2,1-2H3,(H,16,20)(H,18,19). The molecule has 1 fully saturated rings. The molecule has 0 saturated carbocycles. The Morgan fingerprint density at radius 2 is 1.95 bits per heavy atom. The Kier molecular flexibility index (Phi) is 6.78. The molecule has 1 heterocycles. The lowest BCUT2D eigenvalue weighted by Gasteiger charge is -2.30. The van der Waals surface area contributed by atoms with E-state index in [1.807, 2.05) is 0 Å². The minimum absolute atomic E-state index is 0.0107. The summed E-state index contributed by atoms with van der Waals surface area (Å²) in [6.45, 7) is 5.90. The van der Waals surface area contributed by atoms with E-state index in [1.54, 1.807) is 4.90 Å². The van der Waals surface area contributed by atoms with Gasteiger partial charge in [0.1, 0.15) is 0 Å². The number of carbonyl (C=O) groups is 2. The van der Waals surface area contributed by atoms with Crippen LogP contribution in [0.3, 0.4) is 0 Å². The SMILES string of the molecule is CC(C)CC(CNC(=O)N1CCC(N)CC1)CC(=O)O. The van der Waals surface area contributed by atoms with Gasteiger partial charge in [-0.2, -0.15) is 0 Å². The maximum Gasteiger partial charge on any atom is 0.317 e. The van der Waals surface area contributed by atoms with Crippen molar-refractivity contribution in [1.82, 2.24) is 10.2 Å². The average Bonchev–Trinajstić information content (AvgIpc) is 2.35. The van der Waals surface area contributed by atoms with E-state index in [1.165, 1.54) is 0 Å². The maximum absolute atomic E-state index is 12.0. The molecule has 2 amide bonds. The molecular formula is C14H27N3O3. The second-order valence-electron chi connectivity index (χ2n) is 6.10. The molecule has 0 bridgehead atoms. The molecule has 1 rings (SSSR count). The number of piperidine rings is 1. The number of rotatable bonds is 6. The summed E-state index contributed by atoms with van der Waals surface area (Å²) in [4.78, 5) is 24.6. The van der Waals surface area contributed by atoms with Crippen LogP contribution in [-0.2, 0) is 4.79 Å². The van der Waals surface area contributed by atoms with Crippen molar-refractivity contribution in [3.63, 3.8) is 0 Å². The van der Waals surface area contributed by atoms with E-state index in [2.05, 4.69) is 19.2 Å². The highest BCUT2D eigenvalue weighted by Crippen LogP contribution is 2.15. The first-order valence-corrected chi connectivity index (χ1v) is 7.38. The van der Waals surface area contributed by atoms with Crippen molar-refractivity contribution in [2.75, 3.05) is 19.6 Å². The van der Waals surface area contributed by atoms with Crippen LogP contribution in [-0.4, -0.2) is 47.7 Å². The molecule has 20 heavy (non-hydrogen) atoms. The van der Waals surface area contributed by atoms with Gasteiger partial charge in [-0.1, -0.05) is 13.8 Å². The van der Waals surface area contributed by atoms with Gasteiger partial charge in [-0.25, -0.2) is 4.79 Å². The number of nitrogens with zero attached hydrogens (tertiary/aromatic N) is 1. The van der Waals surface area contributed by atoms with E-state index in [9.17, 15) is 9.59 Å².